The van der Waals surface area contributed by atoms with Crippen LogP contribution >= 0.6 is 27.5 Å². The maximum Gasteiger partial charge on any atom is 0.256 e. The standard InChI is InChI=1S/C22H23BrClN3O/c1-26(2)12-13-27(3)22(28)21-18-10-7-16(23)14-20(18)25-19(21)11-6-15-4-8-17(24)9-5-15/h4-11,14,25H,12-13H2,1-3H3. The van der Waals surface area contributed by atoms with Crippen LogP contribution in [0.1, 0.15) is 21.6 Å². The topological polar surface area (TPSA) is 39.3 Å². The minimum atomic E-state index is 0.00572. The summed E-state index contributed by atoms with van der Waals surface area (Å²) in [5, 5.41) is 1.62. The van der Waals surface area contributed by atoms with Gasteiger partial charge < -0.3 is 14.8 Å². The van der Waals surface area contributed by atoms with Crippen LogP contribution in [0.3, 0.4) is 0 Å². The van der Waals surface area contributed by atoms with Crippen LogP contribution in [0, 0.1) is 0 Å². The van der Waals surface area contributed by atoms with Crippen molar-refractivity contribution in [3.05, 3.63) is 68.8 Å². The van der Waals surface area contributed by atoms with E-state index >= 15 is 0 Å². The Balaban J connectivity index is 2.00. The first-order valence-electron chi connectivity index (χ1n) is 9.00. The maximum atomic E-state index is 13.2. The molecular formula is C22H23BrClN3O. The number of benzene rings is 2. The van der Waals surface area contributed by atoms with Crippen molar-refractivity contribution in [3.8, 4) is 0 Å². The smallest absolute Gasteiger partial charge is 0.256 e. The number of hydrogen-bond donors (Lipinski definition) is 1. The van der Waals surface area contributed by atoms with Crippen molar-refractivity contribution >= 4 is 56.5 Å². The van der Waals surface area contributed by atoms with Gasteiger partial charge in [-0.3, -0.25) is 4.79 Å². The minimum absolute atomic E-state index is 0.00572. The lowest BCUT2D eigenvalue weighted by Crippen LogP contribution is -2.33. The van der Waals surface area contributed by atoms with Gasteiger partial charge in [0.05, 0.1) is 11.3 Å². The molecule has 0 bridgehead atoms. The summed E-state index contributed by atoms with van der Waals surface area (Å²) in [6.45, 7) is 1.47. The summed E-state index contributed by atoms with van der Waals surface area (Å²) in [5.74, 6) is 0.00572. The average Bonchev–Trinajstić information content (AvgIpc) is 3.02. The third kappa shape index (κ3) is 4.85. The molecule has 6 heteroatoms. The molecule has 1 N–H and O–H groups in total. The molecule has 0 radical (unpaired) electrons. The predicted molar refractivity (Wildman–Crippen MR) is 122 cm³/mol. The van der Waals surface area contributed by atoms with Crippen molar-refractivity contribution in [1.29, 1.82) is 0 Å². The predicted octanol–water partition coefficient (Wildman–Crippen LogP) is 5.39. The van der Waals surface area contributed by atoms with Gasteiger partial charge in [-0.25, -0.2) is 0 Å². The molecule has 4 nitrogen and oxygen atoms in total. The molecule has 0 saturated heterocycles. The van der Waals surface area contributed by atoms with Gasteiger partial charge in [0.25, 0.3) is 5.91 Å². The minimum Gasteiger partial charge on any atom is -0.354 e. The number of hydrogen-bond acceptors (Lipinski definition) is 2. The molecule has 1 amide bonds. The number of H-pyrrole nitrogens is 1. The van der Waals surface area contributed by atoms with E-state index in [2.05, 4.69) is 25.8 Å². The van der Waals surface area contributed by atoms with Crippen molar-refractivity contribution < 1.29 is 4.79 Å². The van der Waals surface area contributed by atoms with Crippen LogP contribution in [0.15, 0.2) is 46.9 Å². The van der Waals surface area contributed by atoms with E-state index < -0.39 is 0 Å². The van der Waals surface area contributed by atoms with Gasteiger partial charge in [0.1, 0.15) is 0 Å². The van der Waals surface area contributed by atoms with E-state index in [0.29, 0.717) is 17.1 Å². The Morgan fingerprint density at radius 3 is 2.46 bits per heavy atom. The number of halogens is 2. The van der Waals surface area contributed by atoms with Crippen LogP contribution in [0.2, 0.25) is 5.02 Å². The quantitative estimate of drug-likeness (QED) is 0.536. The van der Waals surface area contributed by atoms with Crippen molar-refractivity contribution in [2.24, 2.45) is 0 Å². The number of fused-ring (bicyclic) bond motifs is 1. The van der Waals surface area contributed by atoms with E-state index in [1.165, 1.54) is 0 Å². The molecule has 0 saturated carbocycles. The summed E-state index contributed by atoms with van der Waals surface area (Å²) >= 11 is 9.47. The number of nitrogens with zero attached hydrogens (tertiary/aromatic N) is 2. The Hall–Kier alpha value is -2.08. The maximum absolute atomic E-state index is 13.2. The lowest BCUT2D eigenvalue weighted by atomic mass is 10.1. The highest BCUT2D eigenvalue weighted by Gasteiger charge is 2.20. The number of aromatic nitrogens is 1. The molecule has 146 valence electrons. The zero-order valence-corrected chi connectivity index (χ0v) is 18.5. The number of likely N-dealkylation sites (N-methyl/N-ethyl adjacent to an activating group) is 2. The van der Waals surface area contributed by atoms with Crippen molar-refractivity contribution in [3.63, 3.8) is 0 Å². The molecule has 0 fully saturated rings. The summed E-state index contributed by atoms with van der Waals surface area (Å²) in [5.41, 5.74) is 3.43. The Morgan fingerprint density at radius 1 is 1.07 bits per heavy atom. The highest BCUT2D eigenvalue weighted by Crippen LogP contribution is 2.28. The number of amides is 1. The SMILES string of the molecule is CN(C)CCN(C)C(=O)c1c(C=Cc2ccc(Cl)cc2)[nH]c2cc(Br)ccc12. The molecule has 1 aromatic heterocycles. The molecule has 2 aromatic carbocycles. The van der Waals surface area contributed by atoms with Crippen LogP contribution in [0.5, 0.6) is 0 Å². The molecular weight excluding hydrogens is 438 g/mol. The Kier molecular flexibility index (Phi) is 6.60. The molecule has 3 rings (SSSR count). The van der Waals surface area contributed by atoms with Crippen molar-refractivity contribution in [2.45, 2.75) is 0 Å². The Bertz CT molecular complexity index is 1010. The van der Waals surface area contributed by atoms with Gasteiger partial charge in [0.15, 0.2) is 0 Å². The average molecular weight is 461 g/mol. The molecule has 0 spiro atoms. The first-order chi connectivity index (χ1) is 13.3. The third-order valence-corrected chi connectivity index (χ3v) is 5.29. The molecule has 0 aliphatic carbocycles. The fourth-order valence-corrected chi connectivity index (χ4v) is 3.43. The summed E-state index contributed by atoms with van der Waals surface area (Å²) in [4.78, 5) is 20.4. The van der Waals surface area contributed by atoms with E-state index in [4.69, 9.17) is 11.6 Å². The van der Waals surface area contributed by atoms with Gasteiger partial charge in [0.2, 0.25) is 0 Å². The van der Waals surface area contributed by atoms with Crippen LogP contribution in [-0.2, 0) is 0 Å². The van der Waals surface area contributed by atoms with Crippen LogP contribution in [-0.4, -0.2) is 54.9 Å². The van der Waals surface area contributed by atoms with Crippen LogP contribution < -0.4 is 0 Å². The van der Waals surface area contributed by atoms with Crippen LogP contribution in [0.4, 0.5) is 0 Å². The van der Waals surface area contributed by atoms with E-state index in [1.54, 1.807) is 4.90 Å². The summed E-state index contributed by atoms with van der Waals surface area (Å²) in [6, 6.07) is 13.5. The number of carbonyl (C=O) groups is 1. The number of rotatable bonds is 6. The van der Waals surface area contributed by atoms with E-state index in [1.807, 2.05) is 75.8 Å². The molecule has 3 aromatic rings. The van der Waals surface area contributed by atoms with Gasteiger partial charge in [-0.05, 0) is 50.0 Å². The Morgan fingerprint density at radius 2 is 1.79 bits per heavy atom. The summed E-state index contributed by atoms with van der Waals surface area (Å²) < 4.78 is 0.967. The van der Waals surface area contributed by atoms with E-state index in [9.17, 15) is 4.79 Å². The van der Waals surface area contributed by atoms with Crippen LogP contribution in [0.25, 0.3) is 23.1 Å². The highest BCUT2D eigenvalue weighted by molar-refractivity contribution is 9.10. The Labute approximate surface area is 178 Å². The lowest BCUT2D eigenvalue weighted by Gasteiger charge is -2.20. The van der Waals surface area contributed by atoms with Gasteiger partial charge in [-0.2, -0.15) is 0 Å². The third-order valence-electron chi connectivity index (χ3n) is 4.55. The van der Waals surface area contributed by atoms with E-state index in [0.717, 1.165) is 33.2 Å². The fourth-order valence-electron chi connectivity index (χ4n) is 2.94. The van der Waals surface area contributed by atoms with Crippen molar-refractivity contribution in [2.75, 3.05) is 34.2 Å². The fraction of sp³-hybridized carbons (Fsp3) is 0.227. The zero-order chi connectivity index (χ0) is 20.3. The summed E-state index contributed by atoms with van der Waals surface area (Å²) in [6.07, 6.45) is 3.93. The number of aromatic amines is 1. The number of nitrogens with one attached hydrogen (secondary N) is 1. The molecule has 1 heterocycles. The second-order valence-corrected chi connectivity index (χ2v) is 8.37. The van der Waals surface area contributed by atoms with Crippen molar-refractivity contribution in [1.82, 2.24) is 14.8 Å². The molecule has 0 unspecified atom stereocenters. The van der Waals surface area contributed by atoms with Gasteiger partial charge in [-0.15, -0.1) is 0 Å². The first-order valence-corrected chi connectivity index (χ1v) is 10.2. The monoisotopic (exact) mass is 459 g/mol. The largest absolute Gasteiger partial charge is 0.354 e. The highest BCUT2D eigenvalue weighted by atomic mass is 79.9. The molecule has 0 aliphatic rings. The molecule has 0 aliphatic heterocycles. The normalized spacial score (nSPS) is 11.6. The zero-order valence-electron chi connectivity index (χ0n) is 16.2. The van der Waals surface area contributed by atoms with Gasteiger partial charge in [-0.1, -0.05) is 51.8 Å². The molecule has 28 heavy (non-hydrogen) atoms. The second-order valence-electron chi connectivity index (χ2n) is 7.02. The van der Waals surface area contributed by atoms with Gasteiger partial charge in [0, 0.05) is 40.5 Å². The summed E-state index contributed by atoms with van der Waals surface area (Å²) in [7, 11) is 5.85. The van der Waals surface area contributed by atoms with E-state index in [-0.39, 0.29) is 5.91 Å². The van der Waals surface area contributed by atoms with Gasteiger partial charge >= 0.3 is 0 Å². The number of carbonyl (C=O) groups excluding carboxylic acids is 1. The first kappa shape index (κ1) is 20.6. The molecule has 0 atom stereocenters. The lowest BCUT2D eigenvalue weighted by molar-refractivity contribution is 0.0788. The second kappa shape index (κ2) is 8.95.